The first kappa shape index (κ1) is 22.1. The van der Waals surface area contributed by atoms with Crippen LogP contribution in [0, 0.1) is 43.4 Å². The molecule has 0 atom stereocenters. The lowest BCUT2D eigenvalue weighted by Gasteiger charge is -2.09. The van der Waals surface area contributed by atoms with Crippen LogP contribution in [-0.2, 0) is 24.6 Å². The molecule has 4 rings (SSSR count). The summed E-state index contributed by atoms with van der Waals surface area (Å²) in [5.74, 6) is 0. The summed E-state index contributed by atoms with van der Waals surface area (Å²) in [7, 11) is 0. The summed E-state index contributed by atoms with van der Waals surface area (Å²) in [5.41, 5.74) is 8.05. The molecule has 2 heterocycles. The zero-order valence-corrected chi connectivity index (χ0v) is 19.0. The molecular weight excluding hydrogens is 410 g/mol. The average molecular weight is 436 g/mol. The number of rotatable bonds is 7. The van der Waals surface area contributed by atoms with Gasteiger partial charge in [-0.15, -0.1) is 0 Å². The molecule has 0 aliphatic carbocycles. The predicted octanol–water partition coefficient (Wildman–Crippen LogP) is 5.24. The third-order valence-corrected chi connectivity index (χ3v) is 5.87. The summed E-state index contributed by atoms with van der Waals surface area (Å²) < 4.78 is 9.83. The van der Waals surface area contributed by atoms with E-state index in [4.69, 9.17) is 15.1 Å². The molecule has 0 saturated carbocycles. The normalized spacial score (nSPS) is 10.7. The van der Waals surface area contributed by atoms with Crippen molar-refractivity contribution >= 4 is 0 Å². The Morgan fingerprint density at radius 1 is 0.909 bits per heavy atom. The third-order valence-electron chi connectivity index (χ3n) is 5.87. The number of nitrogens with zero attached hydrogens (tertiary/aromatic N) is 5. The van der Waals surface area contributed by atoms with Gasteiger partial charge < -0.3 is 9.30 Å². The smallest absolute Gasteiger partial charge is 0.140 e. The summed E-state index contributed by atoms with van der Waals surface area (Å²) >= 11 is 0. The molecule has 0 bridgehead atoms. The second kappa shape index (κ2) is 9.56. The molecule has 2 aromatic carbocycles. The predicted molar refractivity (Wildman–Crippen MR) is 126 cm³/mol. The Morgan fingerprint density at radius 2 is 1.64 bits per heavy atom. The van der Waals surface area contributed by atoms with Crippen molar-refractivity contribution in [3.8, 4) is 23.3 Å². The van der Waals surface area contributed by atoms with Crippen molar-refractivity contribution in [1.29, 1.82) is 10.5 Å². The minimum atomic E-state index is 0.379. The monoisotopic (exact) mass is 435 g/mol. The van der Waals surface area contributed by atoms with Gasteiger partial charge in [-0.1, -0.05) is 42.5 Å². The van der Waals surface area contributed by atoms with Crippen molar-refractivity contribution in [2.45, 2.75) is 40.7 Å². The fraction of sp³-hybridized carbons (Fsp3) is 0.222. The highest BCUT2D eigenvalue weighted by molar-refractivity contribution is 5.75. The maximum absolute atomic E-state index is 9.85. The molecule has 0 unspecified atom stereocenters. The molecule has 0 fully saturated rings. The molecule has 33 heavy (non-hydrogen) atoms. The van der Waals surface area contributed by atoms with Gasteiger partial charge in [-0.2, -0.15) is 15.6 Å². The molecule has 0 spiro atoms. The van der Waals surface area contributed by atoms with E-state index in [0.717, 1.165) is 39.5 Å². The quantitative estimate of drug-likeness (QED) is 0.397. The van der Waals surface area contributed by atoms with Crippen molar-refractivity contribution in [2.75, 3.05) is 0 Å². The van der Waals surface area contributed by atoms with E-state index < -0.39 is 0 Å². The van der Waals surface area contributed by atoms with Gasteiger partial charge in [0.1, 0.15) is 12.8 Å². The van der Waals surface area contributed by atoms with Gasteiger partial charge in [-0.3, -0.25) is 0 Å². The summed E-state index contributed by atoms with van der Waals surface area (Å²) in [6, 6.07) is 24.0. The highest BCUT2D eigenvalue weighted by atomic mass is 16.5. The van der Waals surface area contributed by atoms with E-state index >= 15 is 0 Å². The summed E-state index contributed by atoms with van der Waals surface area (Å²) in [4.78, 5) is 0. The Labute approximate surface area is 193 Å². The van der Waals surface area contributed by atoms with Crippen LogP contribution in [0.25, 0.3) is 11.1 Å². The molecule has 0 aliphatic heterocycles. The van der Waals surface area contributed by atoms with Crippen LogP contribution in [0.15, 0.2) is 60.7 Å². The van der Waals surface area contributed by atoms with Crippen molar-refractivity contribution in [2.24, 2.45) is 0 Å². The molecule has 0 amide bonds. The van der Waals surface area contributed by atoms with Gasteiger partial charge in [-0.05, 0) is 50.1 Å². The minimum absolute atomic E-state index is 0.379. The van der Waals surface area contributed by atoms with Gasteiger partial charge in [0.15, 0.2) is 0 Å². The molecule has 6 heteroatoms. The Hall–Kier alpha value is -4.13. The Kier molecular flexibility index (Phi) is 6.40. The van der Waals surface area contributed by atoms with Gasteiger partial charge in [0.25, 0.3) is 0 Å². The average Bonchev–Trinajstić information content (AvgIpc) is 3.30. The van der Waals surface area contributed by atoms with Crippen LogP contribution >= 0.6 is 0 Å². The zero-order valence-electron chi connectivity index (χ0n) is 19.0. The summed E-state index contributed by atoms with van der Waals surface area (Å²) in [6.45, 7) is 7.48. The second-order valence-corrected chi connectivity index (χ2v) is 8.05. The van der Waals surface area contributed by atoms with Gasteiger partial charge in [0.05, 0.1) is 36.0 Å². The van der Waals surface area contributed by atoms with Gasteiger partial charge in [0, 0.05) is 22.6 Å². The Balaban J connectivity index is 1.55. The van der Waals surface area contributed by atoms with Crippen molar-refractivity contribution < 1.29 is 4.74 Å². The molecule has 6 nitrogen and oxygen atoms in total. The largest absolute Gasteiger partial charge is 0.355 e. The number of aryl methyl sites for hydroxylation is 1. The summed E-state index contributed by atoms with van der Waals surface area (Å²) in [6.07, 6.45) is 0. The topological polar surface area (TPSA) is 79.6 Å². The van der Waals surface area contributed by atoms with Crippen molar-refractivity contribution in [3.05, 3.63) is 100 Å². The standard InChI is InChI=1S/C27H25N5O/c1-19-13-25(30-32(19)18-33-17-23-7-5-4-6-8-23)16-31-20(2)26(15-29)27(21(31)3)24-11-9-22(14-28)10-12-24/h4-13H,16-18H2,1-3H3. The van der Waals surface area contributed by atoms with E-state index in [1.54, 1.807) is 12.1 Å². The van der Waals surface area contributed by atoms with Gasteiger partial charge in [0.2, 0.25) is 0 Å². The second-order valence-electron chi connectivity index (χ2n) is 8.05. The van der Waals surface area contributed by atoms with E-state index in [2.05, 4.69) is 22.8 Å². The first-order valence-electron chi connectivity index (χ1n) is 10.8. The molecule has 2 aromatic heterocycles. The number of nitriles is 2. The van der Waals surface area contributed by atoms with E-state index in [1.807, 2.05) is 67.9 Å². The van der Waals surface area contributed by atoms with Gasteiger partial charge >= 0.3 is 0 Å². The third kappa shape index (κ3) is 4.57. The maximum Gasteiger partial charge on any atom is 0.140 e. The van der Waals surface area contributed by atoms with E-state index in [9.17, 15) is 5.26 Å². The SMILES string of the molecule is Cc1cc(Cn2c(C)c(C#N)c(-c3ccc(C#N)cc3)c2C)nn1COCc1ccccc1. The van der Waals surface area contributed by atoms with Crippen LogP contribution in [0.1, 0.15) is 39.5 Å². The van der Waals surface area contributed by atoms with E-state index in [0.29, 0.717) is 31.0 Å². The number of hydrogen-bond donors (Lipinski definition) is 0. The molecular formula is C27H25N5O. The van der Waals surface area contributed by atoms with Crippen LogP contribution in [0.4, 0.5) is 0 Å². The highest BCUT2D eigenvalue weighted by Gasteiger charge is 2.20. The van der Waals surface area contributed by atoms with Gasteiger partial charge in [-0.25, -0.2) is 4.68 Å². The fourth-order valence-corrected chi connectivity index (χ4v) is 4.09. The highest BCUT2D eigenvalue weighted by Crippen LogP contribution is 2.32. The van der Waals surface area contributed by atoms with Crippen LogP contribution in [0.3, 0.4) is 0 Å². The number of ether oxygens (including phenoxy) is 1. The first-order chi connectivity index (χ1) is 16.0. The summed E-state index contributed by atoms with van der Waals surface area (Å²) in [5, 5.41) is 23.7. The van der Waals surface area contributed by atoms with E-state index in [-0.39, 0.29) is 0 Å². The lowest BCUT2D eigenvalue weighted by Crippen LogP contribution is -2.08. The molecule has 0 saturated heterocycles. The van der Waals surface area contributed by atoms with Crippen molar-refractivity contribution in [3.63, 3.8) is 0 Å². The fourth-order valence-electron chi connectivity index (χ4n) is 4.09. The number of benzene rings is 2. The molecule has 164 valence electrons. The minimum Gasteiger partial charge on any atom is -0.355 e. The molecule has 0 radical (unpaired) electrons. The molecule has 0 aliphatic rings. The number of hydrogen-bond acceptors (Lipinski definition) is 4. The number of aromatic nitrogens is 3. The Bertz CT molecular complexity index is 1350. The maximum atomic E-state index is 9.85. The van der Waals surface area contributed by atoms with Crippen LogP contribution in [0.5, 0.6) is 0 Å². The molecule has 0 N–H and O–H groups in total. The van der Waals surface area contributed by atoms with Crippen LogP contribution < -0.4 is 0 Å². The zero-order chi connectivity index (χ0) is 23.4. The van der Waals surface area contributed by atoms with Crippen LogP contribution in [0.2, 0.25) is 0 Å². The van der Waals surface area contributed by atoms with Crippen LogP contribution in [-0.4, -0.2) is 14.3 Å². The first-order valence-corrected chi connectivity index (χ1v) is 10.8. The van der Waals surface area contributed by atoms with E-state index in [1.165, 1.54) is 0 Å². The van der Waals surface area contributed by atoms with Crippen molar-refractivity contribution in [1.82, 2.24) is 14.3 Å². The molecule has 4 aromatic rings. The Morgan fingerprint density at radius 3 is 2.30 bits per heavy atom. The lowest BCUT2D eigenvalue weighted by molar-refractivity contribution is 0.0545. The lowest BCUT2D eigenvalue weighted by atomic mass is 10.0.